The Morgan fingerprint density at radius 3 is 2.25 bits per heavy atom. The first kappa shape index (κ1) is 15.5. The van der Waals surface area contributed by atoms with E-state index >= 15 is 0 Å². The summed E-state index contributed by atoms with van der Waals surface area (Å²) in [6.45, 7) is 8.46. The maximum Gasteiger partial charge on any atom is 0.220 e. The average Bonchev–Trinajstić information content (AvgIpc) is 2.16. The van der Waals surface area contributed by atoms with Gasteiger partial charge in [-0.3, -0.25) is 9.59 Å². The molecule has 3 nitrogen and oxygen atoms in total. The second kappa shape index (κ2) is 8.62. The Kier molecular flexibility index (Phi) is 8.35. The highest BCUT2D eigenvalue weighted by molar-refractivity contribution is 7.99. The third-order valence-electron chi connectivity index (χ3n) is 2.12. The molecule has 0 rings (SSSR count). The van der Waals surface area contributed by atoms with Crippen LogP contribution in [0.15, 0.2) is 0 Å². The lowest BCUT2D eigenvalue weighted by Crippen LogP contribution is -2.27. The summed E-state index contributed by atoms with van der Waals surface area (Å²) in [5, 5.41) is 3.33. The molecule has 0 aliphatic carbocycles. The first-order valence-corrected chi connectivity index (χ1v) is 6.89. The monoisotopic (exact) mass is 245 g/mol. The first-order valence-electron chi connectivity index (χ1n) is 5.84. The Balaban J connectivity index is 3.48. The molecule has 1 amide bonds. The van der Waals surface area contributed by atoms with Gasteiger partial charge in [0, 0.05) is 31.1 Å². The quantitative estimate of drug-likeness (QED) is 0.713. The van der Waals surface area contributed by atoms with Gasteiger partial charge < -0.3 is 5.32 Å². The number of Topliss-reactive ketones (excluding diaryl/α,β-unsaturated/α-hetero) is 1. The SMILES string of the molecule is CC(C)SCCC(=O)NCCC(=O)C(C)C. The molecule has 0 radical (unpaired) electrons. The minimum absolute atomic E-state index is 0.0460. The molecule has 0 heterocycles. The van der Waals surface area contributed by atoms with E-state index in [0.29, 0.717) is 24.6 Å². The van der Waals surface area contributed by atoms with E-state index < -0.39 is 0 Å². The number of carbonyl (C=O) groups is 2. The molecule has 0 aromatic heterocycles. The standard InChI is InChI=1S/C12H23NO2S/c1-9(2)11(14)5-7-13-12(15)6-8-16-10(3)4/h9-10H,5-8H2,1-4H3,(H,13,15). The third-order valence-corrected chi connectivity index (χ3v) is 3.22. The Labute approximate surface area is 103 Å². The van der Waals surface area contributed by atoms with E-state index in [0.717, 1.165) is 5.75 Å². The lowest BCUT2D eigenvalue weighted by atomic mass is 10.1. The highest BCUT2D eigenvalue weighted by Crippen LogP contribution is 2.09. The van der Waals surface area contributed by atoms with Crippen LogP contribution < -0.4 is 5.32 Å². The number of ketones is 1. The molecular formula is C12H23NO2S. The maximum atomic E-state index is 11.3. The third kappa shape index (κ3) is 8.77. The Bertz CT molecular complexity index is 227. The molecule has 0 unspecified atom stereocenters. The van der Waals surface area contributed by atoms with E-state index in [1.807, 2.05) is 13.8 Å². The van der Waals surface area contributed by atoms with Gasteiger partial charge in [-0.25, -0.2) is 0 Å². The summed E-state index contributed by atoms with van der Waals surface area (Å²) in [5.41, 5.74) is 0. The summed E-state index contributed by atoms with van der Waals surface area (Å²) in [7, 11) is 0. The number of thioether (sulfide) groups is 1. The summed E-state index contributed by atoms with van der Waals surface area (Å²) >= 11 is 1.78. The summed E-state index contributed by atoms with van der Waals surface area (Å²) < 4.78 is 0. The van der Waals surface area contributed by atoms with Crippen molar-refractivity contribution >= 4 is 23.5 Å². The molecular weight excluding hydrogens is 222 g/mol. The predicted molar refractivity (Wildman–Crippen MR) is 69.7 cm³/mol. The number of hydrogen-bond acceptors (Lipinski definition) is 3. The summed E-state index contributed by atoms with van der Waals surface area (Å²) in [4.78, 5) is 22.6. The van der Waals surface area contributed by atoms with Crippen LogP contribution in [0.1, 0.15) is 40.5 Å². The van der Waals surface area contributed by atoms with Crippen molar-refractivity contribution in [3.63, 3.8) is 0 Å². The molecule has 0 saturated heterocycles. The van der Waals surface area contributed by atoms with Gasteiger partial charge in [-0.05, 0) is 5.25 Å². The van der Waals surface area contributed by atoms with E-state index in [1.165, 1.54) is 0 Å². The van der Waals surface area contributed by atoms with Crippen molar-refractivity contribution in [2.75, 3.05) is 12.3 Å². The first-order chi connectivity index (χ1) is 7.43. The second-order valence-electron chi connectivity index (χ2n) is 4.39. The molecule has 4 heteroatoms. The van der Waals surface area contributed by atoms with Gasteiger partial charge in [0.25, 0.3) is 0 Å². The highest BCUT2D eigenvalue weighted by atomic mass is 32.2. The molecule has 0 atom stereocenters. The molecule has 0 fully saturated rings. The Morgan fingerprint density at radius 2 is 1.75 bits per heavy atom. The van der Waals surface area contributed by atoms with Crippen molar-refractivity contribution < 1.29 is 9.59 Å². The van der Waals surface area contributed by atoms with Gasteiger partial charge >= 0.3 is 0 Å². The van der Waals surface area contributed by atoms with Crippen molar-refractivity contribution in [2.45, 2.75) is 45.8 Å². The van der Waals surface area contributed by atoms with Crippen LogP contribution >= 0.6 is 11.8 Å². The number of nitrogens with one attached hydrogen (secondary N) is 1. The zero-order valence-corrected chi connectivity index (χ0v) is 11.5. The molecule has 0 aliphatic heterocycles. The fraction of sp³-hybridized carbons (Fsp3) is 0.833. The van der Waals surface area contributed by atoms with Crippen LogP contribution in [0.2, 0.25) is 0 Å². The normalized spacial score (nSPS) is 10.9. The summed E-state index contributed by atoms with van der Waals surface area (Å²) in [6.07, 6.45) is 0.986. The van der Waals surface area contributed by atoms with Crippen LogP contribution in [-0.2, 0) is 9.59 Å². The van der Waals surface area contributed by atoms with Crippen LogP contribution in [0.5, 0.6) is 0 Å². The van der Waals surface area contributed by atoms with Gasteiger partial charge in [-0.15, -0.1) is 0 Å². The largest absolute Gasteiger partial charge is 0.356 e. The summed E-state index contributed by atoms with van der Waals surface area (Å²) in [6, 6.07) is 0. The van der Waals surface area contributed by atoms with E-state index in [-0.39, 0.29) is 17.6 Å². The molecule has 0 spiro atoms. The topological polar surface area (TPSA) is 46.2 Å². The van der Waals surface area contributed by atoms with Crippen LogP contribution in [0.4, 0.5) is 0 Å². The molecule has 1 N–H and O–H groups in total. The van der Waals surface area contributed by atoms with Crippen LogP contribution in [-0.4, -0.2) is 29.2 Å². The molecule has 94 valence electrons. The summed E-state index contributed by atoms with van der Waals surface area (Å²) in [5.74, 6) is 1.16. The minimum atomic E-state index is 0.0460. The van der Waals surface area contributed by atoms with Gasteiger partial charge in [0.05, 0.1) is 0 Å². The van der Waals surface area contributed by atoms with E-state index in [1.54, 1.807) is 11.8 Å². The molecule has 0 aliphatic rings. The fourth-order valence-electron chi connectivity index (χ4n) is 1.09. The zero-order chi connectivity index (χ0) is 12.6. The zero-order valence-electron chi connectivity index (χ0n) is 10.7. The van der Waals surface area contributed by atoms with Gasteiger partial charge in [0.1, 0.15) is 5.78 Å². The number of hydrogen-bond donors (Lipinski definition) is 1. The van der Waals surface area contributed by atoms with Crippen LogP contribution in [0.3, 0.4) is 0 Å². The van der Waals surface area contributed by atoms with E-state index in [9.17, 15) is 9.59 Å². The van der Waals surface area contributed by atoms with Crippen molar-refractivity contribution in [1.82, 2.24) is 5.32 Å². The molecule has 0 aromatic rings. The molecule has 16 heavy (non-hydrogen) atoms. The van der Waals surface area contributed by atoms with Gasteiger partial charge in [-0.1, -0.05) is 27.7 Å². The lowest BCUT2D eigenvalue weighted by Gasteiger charge is -2.07. The van der Waals surface area contributed by atoms with Gasteiger partial charge in [0.15, 0.2) is 0 Å². The van der Waals surface area contributed by atoms with Crippen LogP contribution in [0, 0.1) is 5.92 Å². The van der Waals surface area contributed by atoms with Crippen molar-refractivity contribution in [3.8, 4) is 0 Å². The molecule has 0 saturated carbocycles. The average molecular weight is 245 g/mol. The second-order valence-corrected chi connectivity index (χ2v) is 6.07. The Morgan fingerprint density at radius 1 is 1.12 bits per heavy atom. The smallest absolute Gasteiger partial charge is 0.220 e. The predicted octanol–water partition coefficient (Wildman–Crippen LogP) is 2.25. The maximum absolute atomic E-state index is 11.3. The van der Waals surface area contributed by atoms with Gasteiger partial charge in [0.2, 0.25) is 5.91 Å². The number of rotatable bonds is 8. The minimum Gasteiger partial charge on any atom is -0.356 e. The van der Waals surface area contributed by atoms with Crippen molar-refractivity contribution in [2.24, 2.45) is 5.92 Å². The van der Waals surface area contributed by atoms with Crippen molar-refractivity contribution in [1.29, 1.82) is 0 Å². The van der Waals surface area contributed by atoms with Gasteiger partial charge in [-0.2, -0.15) is 11.8 Å². The van der Waals surface area contributed by atoms with E-state index in [2.05, 4.69) is 19.2 Å². The number of carbonyl (C=O) groups excluding carboxylic acids is 2. The highest BCUT2D eigenvalue weighted by Gasteiger charge is 2.07. The van der Waals surface area contributed by atoms with E-state index in [4.69, 9.17) is 0 Å². The molecule has 0 bridgehead atoms. The number of amides is 1. The van der Waals surface area contributed by atoms with Crippen molar-refractivity contribution in [3.05, 3.63) is 0 Å². The fourth-order valence-corrected chi connectivity index (χ4v) is 1.86. The molecule has 0 aromatic carbocycles. The lowest BCUT2D eigenvalue weighted by molar-refractivity contribution is -0.122. The Hall–Kier alpha value is -0.510. The van der Waals surface area contributed by atoms with Crippen LogP contribution in [0.25, 0.3) is 0 Å².